The molecule has 0 saturated heterocycles. The molecule has 0 spiro atoms. The standard InChI is InChI=1S/C15H16N2O3/c16-13-8-4-7-12(15(17)18)14(13)20-10-9-19-11-5-2-1-3-6-11/h1-8H,9-10,16H2,(H2,17,18). The topological polar surface area (TPSA) is 87.6 Å². The van der Waals surface area contributed by atoms with Gasteiger partial charge in [-0.2, -0.15) is 0 Å². The van der Waals surface area contributed by atoms with Gasteiger partial charge in [0.05, 0.1) is 11.3 Å². The van der Waals surface area contributed by atoms with Crippen LogP contribution in [0.1, 0.15) is 10.4 Å². The molecule has 0 unspecified atom stereocenters. The largest absolute Gasteiger partial charge is 0.490 e. The Bertz CT molecular complexity index is 585. The molecule has 0 bridgehead atoms. The Hall–Kier alpha value is -2.69. The van der Waals surface area contributed by atoms with Crippen molar-refractivity contribution in [2.45, 2.75) is 0 Å². The van der Waals surface area contributed by atoms with Crippen LogP contribution in [0.5, 0.6) is 11.5 Å². The molecule has 0 heterocycles. The molecule has 0 aliphatic rings. The first kappa shape index (κ1) is 13.7. The lowest BCUT2D eigenvalue weighted by Crippen LogP contribution is -2.16. The number of benzene rings is 2. The van der Waals surface area contributed by atoms with Crippen molar-refractivity contribution in [2.24, 2.45) is 5.73 Å². The number of para-hydroxylation sites is 2. The van der Waals surface area contributed by atoms with E-state index in [1.54, 1.807) is 18.2 Å². The van der Waals surface area contributed by atoms with Gasteiger partial charge < -0.3 is 20.9 Å². The number of carbonyl (C=O) groups excluding carboxylic acids is 1. The van der Waals surface area contributed by atoms with Gasteiger partial charge in [0.15, 0.2) is 5.75 Å². The Balaban J connectivity index is 1.93. The first-order chi connectivity index (χ1) is 9.68. The quantitative estimate of drug-likeness (QED) is 0.620. The Labute approximate surface area is 117 Å². The summed E-state index contributed by atoms with van der Waals surface area (Å²) in [6, 6.07) is 14.3. The molecule has 0 aromatic heterocycles. The van der Waals surface area contributed by atoms with E-state index >= 15 is 0 Å². The SMILES string of the molecule is NC(=O)c1cccc(N)c1OCCOc1ccccc1. The highest BCUT2D eigenvalue weighted by Gasteiger charge is 2.12. The van der Waals surface area contributed by atoms with Crippen molar-refractivity contribution in [2.75, 3.05) is 18.9 Å². The van der Waals surface area contributed by atoms with Gasteiger partial charge in [0, 0.05) is 0 Å². The molecular formula is C15H16N2O3. The highest BCUT2D eigenvalue weighted by molar-refractivity contribution is 5.97. The number of carbonyl (C=O) groups is 1. The molecule has 5 nitrogen and oxygen atoms in total. The minimum absolute atomic E-state index is 0.267. The van der Waals surface area contributed by atoms with Gasteiger partial charge in [-0.05, 0) is 24.3 Å². The van der Waals surface area contributed by atoms with E-state index in [2.05, 4.69) is 0 Å². The van der Waals surface area contributed by atoms with Crippen LogP contribution in [0.15, 0.2) is 48.5 Å². The predicted octanol–water partition coefficient (Wildman–Crippen LogP) is 1.83. The Kier molecular flexibility index (Phi) is 4.44. The molecule has 2 aromatic rings. The van der Waals surface area contributed by atoms with Crippen molar-refractivity contribution < 1.29 is 14.3 Å². The molecule has 5 heteroatoms. The lowest BCUT2D eigenvalue weighted by molar-refractivity contribution is 0.0995. The molecule has 2 rings (SSSR count). The average molecular weight is 272 g/mol. The fraction of sp³-hybridized carbons (Fsp3) is 0.133. The maximum absolute atomic E-state index is 11.3. The van der Waals surface area contributed by atoms with Crippen molar-refractivity contribution in [3.8, 4) is 11.5 Å². The second-order valence-corrected chi connectivity index (χ2v) is 4.10. The number of nitrogens with two attached hydrogens (primary N) is 2. The van der Waals surface area contributed by atoms with E-state index in [4.69, 9.17) is 20.9 Å². The molecule has 0 fully saturated rings. The number of hydrogen-bond donors (Lipinski definition) is 2. The average Bonchev–Trinajstić information content (AvgIpc) is 2.45. The summed E-state index contributed by atoms with van der Waals surface area (Å²) < 4.78 is 11.0. The van der Waals surface area contributed by atoms with Gasteiger partial charge in [-0.15, -0.1) is 0 Å². The third-order valence-corrected chi connectivity index (χ3v) is 2.65. The number of ether oxygens (including phenoxy) is 2. The molecule has 0 radical (unpaired) electrons. The smallest absolute Gasteiger partial charge is 0.252 e. The van der Waals surface area contributed by atoms with Gasteiger partial charge >= 0.3 is 0 Å². The zero-order valence-corrected chi connectivity index (χ0v) is 10.9. The molecule has 4 N–H and O–H groups in total. The monoisotopic (exact) mass is 272 g/mol. The number of rotatable bonds is 6. The highest BCUT2D eigenvalue weighted by Crippen LogP contribution is 2.25. The van der Waals surface area contributed by atoms with E-state index in [1.165, 1.54) is 0 Å². The Morgan fingerprint density at radius 1 is 0.950 bits per heavy atom. The number of anilines is 1. The van der Waals surface area contributed by atoms with E-state index < -0.39 is 5.91 Å². The third kappa shape index (κ3) is 3.41. The number of hydrogen-bond acceptors (Lipinski definition) is 4. The fourth-order valence-corrected chi connectivity index (χ4v) is 1.73. The summed E-state index contributed by atoms with van der Waals surface area (Å²) in [5.74, 6) is 0.486. The van der Waals surface area contributed by atoms with Gasteiger partial charge in [-0.3, -0.25) is 4.79 Å². The zero-order chi connectivity index (χ0) is 14.4. The first-order valence-corrected chi connectivity index (χ1v) is 6.17. The van der Waals surface area contributed by atoms with Crippen LogP contribution in [-0.4, -0.2) is 19.1 Å². The Morgan fingerprint density at radius 2 is 1.65 bits per heavy atom. The van der Waals surface area contributed by atoms with Crippen LogP contribution in [0.2, 0.25) is 0 Å². The summed E-state index contributed by atoms with van der Waals surface area (Å²) in [4.78, 5) is 11.3. The van der Waals surface area contributed by atoms with Crippen LogP contribution >= 0.6 is 0 Å². The van der Waals surface area contributed by atoms with Crippen molar-refractivity contribution in [1.29, 1.82) is 0 Å². The van der Waals surface area contributed by atoms with Gasteiger partial charge in [-0.1, -0.05) is 24.3 Å². The van der Waals surface area contributed by atoms with E-state index in [0.29, 0.717) is 18.0 Å². The zero-order valence-electron chi connectivity index (χ0n) is 10.9. The van der Waals surface area contributed by atoms with E-state index in [1.807, 2.05) is 30.3 Å². The molecule has 2 aromatic carbocycles. The van der Waals surface area contributed by atoms with Crippen molar-refractivity contribution in [3.05, 3.63) is 54.1 Å². The van der Waals surface area contributed by atoms with Crippen molar-refractivity contribution in [1.82, 2.24) is 0 Å². The van der Waals surface area contributed by atoms with Gasteiger partial charge in [0.2, 0.25) is 0 Å². The fourth-order valence-electron chi connectivity index (χ4n) is 1.73. The minimum atomic E-state index is -0.573. The van der Waals surface area contributed by atoms with Crippen molar-refractivity contribution >= 4 is 11.6 Å². The van der Waals surface area contributed by atoms with Gasteiger partial charge in [-0.25, -0.2) is 0 Å². The molecule has 0 aliphatic carbocycles. The normalized spacial score (nSPS) is 10.0. The molecular weight excluding hydrogens is 256 g/mol. The maximum atomic E-state index is 11.3. The lowest BCUT2D eigenvalue weighted by Gasteiger charge is -2.12. The molecule has 104 valence electrons. The van der Waals surface area contributed by atoms with E-state index in [9.17, 15) is 4.79 Å². The van der Waals surface area contributed by atoms with Crippen LogP contribution in [-0.2, 0) is 0 Å². The van der Waals surface area contributed by atoms with Gasteiger partial charge in [0.1, 0.15) is 19.0 Å². The summed E-state index contributed by atoms with van der Waals surface area (Å²) in [5, 5.41) is 0. The summed E-state index contributed by atoms with van der Waals surface area (Å²) in [5.41, 5.74) is 11.7. The highest BCUT2D eigenvalue weighted by atomic mass is 16.5. The van der Waals surface area contributed by atoms with E-state index in [0.717, 1.165) is 5.75 Å². The number of amides is 1. The lowest BCUT2D eigenvalue weighted by atomic mass is 10.1. The summed E-state index contributed by atoms with van der Waals surface area (Å²) in [7, 11) is 0. The predicted molar refractivity (Wildman–Crippen MR) is 76.8 cm³/mol. The number of primary amides is 1. The third-order valence-electron chi connectivity index (χ3n) is 2.65. The second kappa shape index (κ2) is 6.47. The molecule has 0 saturated carbocycles. The molecule has 1 amide bonds. The van der Waals surface area contributed by atoms with Crippen LogP contribution in [0.3, 0.4) is 0 Å². The molecule has 20 heavy (non-hydrogen) atoms. The van der Waals surface area contributed by atoms with Crippen molar-refractivity contribution in [3.63, 3.8) is 0 Å². The summed E-state index contributed by atoms with van der Waals surface area (Å²) in [6.45, 7) is 0.611. The minimum Gasteiger partial charge on any atom is -0.490 e. The maximum Gasteiger partial charge on any atom is 0.252 e. The van der Waals surface area contributed by atoms with Crippen LogP contribution in [0.4, 0.5) is 5.69 Å². The molecule has 0 atom stereocenters. The summed E-state index contributed by atoms with van der Waals surface area (Å²) >= 11 is 0. The van der Waals surface area contributed by atoms with Gasteiger partial charge in [0.25, 0.3) is 5.91 Å². The molecule has 0 aliphatic heterocycles. The Morgan fingerprint density at radius 3 is 2.35 bits per heavy atom. The van der Waals surface area contributed by atoms with Crippen LogP contribution < -0.4 is 20.9 Å². The van der Waals surface area contributed by atoms with Crippen LogP contribution in [0.25, 0.3) is 0 Å². The number of nitrogen functional groups attached to an aromatic ring is 1. The van der Waals surface area contributed by atoms with Crippen LogP contribution in [0, 0.1) is 0 Å². The summed E-state index contributed by atoms with van der Waals surface area (Å²) in [6.07, 6.45) is 0. The van der Waals surface area contributed by atoms with E-state index in [-0.39, 0.29) is 12.2 Å². The first-order valence-electron chi connectivity index (χ1n) is 6.17. The second-order valence-electron chi connectivity index (χ2n) is 4.10.